The minimum atomic E-state index is -1.51. The van der Waals surface area contributed by atoms with Crippen LogP contribution in [0.15, 0.2) is 36.4 Å². The van der Waals surface area contributed by atoms with E-state index < -0.39 is 35.6 Å². The number of ether oxygens (including phenoxy) is 1. The van der Waals surface area contributed by atoms with Crippen molar-refractivity contribution >= 4 is 28.6 Å². The molecule has 0 bridgehead atoms. The quantitative estimate of drug-likeness (QED) is 0.338. The van der Waals surface area contributed by atoms with Crippen LogP contribution in [0.4, 0.5) is 0 Å². The highest BCUT2D eigenvalue weighted by Crippen LogP contribution is 2.59. The van der Waals surface area contributed by atoms with Crippen LogP contribution in [0.5, 0.6) is 5.75 Å². The predicted molar refractivity (Wildman–Crippen MR) is 135 cm³/mol. The van der Waals surface area contributed by atoms with Gasteiger partial charge in [-0.05, 0) is 49.1 Å². The summed E-state index contributed by atoms with van der Waals surface area (Å²) in [4.78, 5) is 39.1. The molecule has 0 spiro atoms. The zero-order valence-corrected chi connectivity index (χ0v) is 21.1. The van der Waals surface area contributed by atoms with E-state index in [1.807, 2.05) is 37.3 Å². The van der Waals surface area contributed by atoms with E-state index >= 15 is 0 Å². The van der Waals surface area contributed by atoms with Crippen molar-refractivity contribution in [3.05, 3.63) is 42.0 Å². The molecule has 37 heavy (non-hydrogen) atoms. The zero-order chi connectivity index (χ0) is 26.3. The summed E-state index contributed by atoms with van der Waals surface area (Å²) in [6.45, 7) is 2.32. The highest BCUT2D eigenvalue weighted by Gasteiger charge is 2.66. The summed E-state index contributed by atoms with van der Waals surface area (Å²) >= 11 is 0. The number of hydrogen-bond donors (Lipinski definition) is 3. The fourth-order valence-electron chi connectivity index (χ4n) is 6.95. The third-order valence-corrected chi connectivity index (χ3v) is 8.65. The van der Waals surface area contributed by atoms with Gasteiger partial charge in [0.25, 0.3) is 0 Å². The molecule has 2 aromatic rings. The van der Waals surface area contributed by atoms with Gasteiger partial charge in [-0.3, -0.25) is 19.3 Å². The van der Waals surface area contributed by atoms with E-state index in [0.717, 1.165) is 17.4 Å². The fourth-order valence-corrected chi connectivity index (χ4v) is 6.95. The van der Waals surface area contributed by atoms with Crippen LogP contribution < -0.4 is 0 Å². The number of fused-ring (bicyclic) bond motifs is 4. The molecule has 2 aliphatic heterocycles. The summed E-state index contributed by atoms with van der Waals surface area (Å²) in [5.74, 6) is -4.45. The molecule has 8 nitrogen and oxygen atoms in total. The smallest absolute Gasteiger partial charge is 0.303 e. The number of rotatable bonds is 9. The van der Waals surface area contributed by atoms with E-state index in [2.05, 4.69) is 0 Å². The van der Waals surface area contributed by atoms with Crippen LogP contribution in [0.2, 0.25) is 0 Å². The number of carboxylic acids is 1. The SMILES string of the molecule is CCC[C@H]1C[C@@H]2C(=O)N(CCCCCC(=O)O)C(=O)[C@@H]2[C@@H]2C[C@@H](c3ccc(O)c4ccccc34)O[C@]12O. The maximum atomic E-state index is 13.6. The van der Waals surface area contributed by atoms with Crippen LogP contribution in [0, 0.1) is 23.7 Å². The number of carbonyl (C=O) groups is 3. The second kappa shape index (κ2) is 10.1. The van der Waals surface area contributed by atoms with Gasteiger partial charge in [0.2, 0.25) is 11.8 Å². The number of aliphatic carboxylic acids is 1. The van der Waals surface area contributed by atoms with Gasteiger partial charge in [-0.15, -0.1) is 0 Å². The number of carboxylic acid groups (broad SMARTS) is 1. The molecule has 8 heteroatoms. The van der Waals surface area contributed by atoms with Crippen molar-refractivity contribution in [1.29, 1.82) is 0 Å². The molecule has 198 valence electrons. The second-order valence-electron chi connectivity index (χ2n) is 10.8. The molecule has 2 aromatic carbocycles. The average Bonchev–Trinajstić information content (AvgIpc) is 3.34. The van der Waals surface area contributed by atoms with Crippen molar-refractivity contribution in [2.75, 3.05) is 6.54 Å². The van der Waals surface area contributed by atoms with Crippen molar-refractivity contribution in [3.63, 3.8) is 0 Å². The van der Waals surface area contributed by atoms with E-state index in [9.17, 15) is 24.6 Å². The molecule has 1 aliphatic carbocycles. The first-order chi connectivity index (χ1) is 17.8. The first-order valence-electron chi connectivity index (χ1n) is 13.4. The number of benzene rings is 2. The number of likely N-dealkylation sites (tertiary alicyclic amines) is 1. The number of aromatic hydroxyl groups is 1. The lowest BCUT2D eigenvalue weighted by molar-refractivity contribution is -0.270. The molecule has 6 atom stereocenters. The Kier molecular flexibility index (Phi) is 6.98. The number of carbonyl (C=O) groups excluding carboxylic acids is 2. The molecule has 2 saturated heterocycles. The van der Waals surface area contributed by atoms with Gasteiger partial charge in [-0.25, -0.2) is 0 Å². The third kappa shape index (κ3) is 4.40. The van der Waals surface area contributed by atoms with Gasteiger partial charge in [0, 0.05) is 30.2 Å². The van der Waals surface area contributed by atoms with Gasteiger partial charge in [0.1, 0.15) is 5.75 Å². The Morgan fingerprint density at radius 1 is 1.05 bits per heavy atom. The monoisotopic (exact) mass is 509 g/mol. The van der Waals surface area contributed by atoms with E-state index in [1.165, 1.54) is 4.90 Å². The molecule has 0 unspecified atom stereocenters. The van der Waals surface area contributed by atoms with Crippen molar-refractivity contribution < 1.29 is 34.4 Å². The van der Waals surface area contributed by atoms with Crippen molar-refractivity contribution in [3.8, 4) is 5.75 Å². The van der Waals surface area contributed by atoms with E-state index in [-0.39, 0.29) is 36.4 Å². The number of phenolic OH excluding ortho intramolecular Hbond substituents is 1. The van der Waals surface area contributed by atoms with Gasteiger partial charge in [0.15, 0.2) is 5.79 Å². The number of phenols is 1. The molecule has 2 amide bonds. The van der Waals surface area contributed by atoms with Gasteiger partial charge < -0.3 is 20.1 Å². The summed E-state index contributed by atoms with van der Waals surface area (Å²) in [5.41, 5.74) is 0.857. The normalized spacial score (nSPS) is 31.1. The minimum Gasteiger partial charge on any atom is -0.507 e. The number of unbranched alkanes of at least 4 members (excludes halogenated alkanes) is 2. The molecular weight excluding hydrogens is 474 g/mol. The Morgan fingerprint density at radius 2 is 1.81 bits per heavy atom. The Labute approximate surface area is 216 Å². The number of imide groups is 1. The maximum Gasteiger partial charge on any atom is 0.303 e. The number of hydrogen-bond acceptors (Lipinski definition) is 6. The van der Waals surface area contributed by atoms with E-state index in [4.69, 9.17) is 9.84 Å². The Hall–Kier alpha value is -2.97. The second-order valence-corrected chi connectivity index (χ2v) is 10.8. The van der Waals surface area contributed by atoms with Crippen LogP contribution in [0.1, 0.15) is 70.0 Å². The molecular formula is C29H35NO7. The largest absolute Gasteiger partial charge is 0.507 e. The molecule has 1 saturated carbocycles. The van der Waals surface area contributed by atoms with Gasteiger partial charge >= 0.3 is 5.97 Å². The molecule has 3 N–H and O–H groups in total. The number of nitrogens with zero attached hydrogens (tertiary/aromatic N) is 1. The highest BCUT2D eigenvalue weighted by molar-refractivity contribution is 6.05. The van der Waals surface area contributed by atoms with Crippen LogP contribution in [0.3, 0.4) is 0 Å². The molecule has 5 rings (SSSR count). The summed E-state index contributed by atoms with van der Waals surface area (Å²) in [6.07, 6.45) is 3.65. The van der Waals surface area contributed by atoms with Crippen LogP contribution in [-0.4, -0.2) is 50.3 Å². The van der Waals surface area contributed by atoms with Gasteiger partial charge in [-0.1, -0.05) is 50.1 Å². The van der Waals surface area contributed by atoms with Crippen LogP contribution in [-0.2, 0) is 19.1 Å². The first kappa shape index (κ1) is 25.7. The van der Waals surface area contributed by atoms with Crippen molar-refractivity contribution in [2.24, 2.45) is 23.7 Å². The molecule has 0 radical (unpaired) electrons. The van der Waals surface area contributed by atoms with Gasteiger partial charge in [-0.2, -0.15) is 0 Å². The lowest BCUT2D eigenvalue weighted by Crippen LogP contribution is -2.53. The summed E-state index contributed by atoms with van der Waals surface area (Å²) in [7, 11) is 0. The lowest BCUT2D eigenvalue weighted by Gasteiger charge is -2.44. The van der Waals surface area contributed by atoms with Crippen LogP contribution in [0.25, 0.3) is 10.8 Å². The average molecular weight is 510 g/mol. The molecule has 0 aromatic heterocycles. The molecule has 3 aliphatic rings. The Balaban J connectivity index is 1.42. The first-order valence-corrected chi connectivity index (χ1v) is 13.4. The topological polar surface area (TPSA) is 124 Å². The van der Waals surface area contributed by atoms with Crippen molar-refractivity contribution in [1.82, 2.24) is 4.90 Å². The summed E-state index contributed by atoms with van der Waals surface area (Å²) in [6, 6.07) is 11.0. The van der Waals surface area contributed by atoms with Crippen molar-refractivity contribution in [2.45, 2.75) is 70.2 Å². The highest BCUT2D eigenvalue weighted by atomic mass is 16.6. The maximum absolute atomic E-state index is 13.6. The summed E-state index contributed by atoms with van der Waals surface area (Å²) < 4.78 is 6.45. The number of aliphatic hydroxyl groups is 1. The fraction of sp³-hybridized carbons (Fsp3) is 0.552. The van der Waals surface area contributed by atoms with Gasteiger partial charge in [0.05, 0.1) is 17.9 Å². The lowest BCUT2D eigenvalue weighted by atomic mass is 9.63. The van der Waals surface area contributed by atoms with Crippen LogP contribution >= 0.6 is 0 Å². The molecule has 3 fully saturated rings. The third-order valence-electron chi connectivity index (χ3n) is 8.65. The number of amides is 2. The standard InChI is InChI=1S/C29H35NO7/c1-2-8-17-15-21-26(28(35)30(27(21)34)14-7-3-4-11-25(32)33)22-16-24(37-29(17,22)36)20-12-13-23(31)19-10-6-5-9-18(19)20/h5-6,9-10,12-13,17,21-22,24,26,31,36H,2-4,7-8,11,14-16H2,1H3,(H,32,33)/t17-,21-,22-,24-,26-,29+/m0/s1. The zero-order valence-electron chi connectivity index (χ0n) is 21.1. The Morgan fingerprint density at radius 3 is 2.54 bits per heavy atom. The Bertz CT molecular complexity index is 1210. The minimum absolute atomic E-state index is 0.0750. The predicted octanol–water partition coefficient (Wildman–Crippen LogP) is 4.38. The van der Waals surface area contributed by atoms with E-state index in [1.54, 1.807) is 6.07 Å². The molecule has 2 heterocycles. The van der Waals surface area contributed by atoms with E-state index in [0.29, 0.717) is 43.9 Å². The summed E-state index contributed by atoms with van der Waals surface area (Å²) in [5, 5.41) is 32.7.